The summed E-state index contributed by atoms with van der Waals surface area (Å²) in [4.78, 5) is 10.9. The van der Waals surface area contributed by atoms with Crippen molar-refractivity contribution in [2.45, 2.75) is 20.4 Å². The monoisotopic (exact) mass is 311 g/mol. The fraction of sp³-hybridized carbons (Fsp3) is 0.211. The van der Waals surface area contributed by atoms with Gasteiger partial charge in [0.2, 0.25) is 0 Å². The quantitative estimate of drug-likeness (QED) is 0.753. The number of rotatable bonds is 7. The highest BCUT2D eigenvalue weighted by molar-refractivity contribution is 5.91. The van der Waals surface area contributed by atoms with Gasteiger partial charge in [0.1, 0.15) is 5.75 Å². The Hall–Kier alpha value is -2.75. The summed E-state index contributed by atoms with van der Waals surface area (Å²) in [7, 11) is 0. The third kappa shape index (κ3) is 4.88. The molecule has 120 valence electrons. The second-order valence-electron chi connectivity index (χ2n) is 5.15. The van der Waals surface area contributed by atoms with Crippen LogP contribution in [0.1, 0.15) is 25.0 Å². The van der Waals surface area contributed by atoms with E-state index in [9.17, 15) is 4.79 Å². The van der Waals surface area contributed by atoms with E-state index >= 15 is 0 Å². The van der Waals surface area contributed by atoms with Gasteiger partial charge in [-0.1, -0.05) is 30.3 Å². The molecule has 0 saturated heterocycles. The number of anilines is 1. The number of nitrogens with one attached hydrogen (secondary N) is 1. The number of hydrogen-bond donors (Lipinski definition) is 2. The van der Waals surface area contributed by atoms with Crippen molar-refractivity contribution in [2.75, 3.05) is 11.9 Å². The van der Waals surface area contributed by atoms with E-state index in [2.05, 4.69) is 5.32 Å². The van der Waals surface area contributed by atoms with Gasteiger partial charge < -0.3 is 15.2 Å². The SMILES string of the molecule is CCOc1ccc(C(C)=CC(=O)O)c(NCc2ccccc2)c1. The van der Waals surface area contributed by atoms with Crippen LogP contribution in [0.4, 0.5) is 5.69 Å². The summed E-state index contributed by atoms with van der Waals surface area (Å²) >= 11 is 0. The van der Waals surface area contributed by atoms with Gasteiger partial charge in [-0.15, -0.1) is 0 Å². The minimum absolute atomic E-state index is 0.585. The molecular weight excluding hydrogens is 290 g/mol. The van der Waals surface area contributed by atoms with E-state index in [0.717, 1.165) is 22.6 Å². The number of aliphatic carboxylic acids is 1. The fourth-order valence-corrected chi connectivity index (χ4v) is 2.33. The number of benzene rings is 2. The predicted octanol–water partition coefficient (Wildman–Crippen LogP) is 4.19. The van der Waals surface area contributed by atoms with Gasteiger partial charge in [0.05, 0.1) is 6.61 Å². The zero-order valence-corrected chi connectivity index (χ0v) is 13.4. The molecule has 23 heavy (non-hydrogen) atoms. The molecule has 0 amide bonds. The van der Waals surface area contributed by atoms with E-state index in [4.69, 9.17) is 9.84 Å². The summed E-state index contributed by atoms with van der Waals surface area (Å²) in [5, 5.41) is 12.3. The number of carboxylic acids is 1. The number of allylic oxidation sites excluding steroid dienone is 1. The van der Waals surface area contributed by atoms with Crippen LogP contribution in [0.25, 0.3) is 5.57 Å². The Labute approximate surface area is 136 Å². The van der Waals surface area contributed by atoms with Crippen LogP contribution in [0.2, 0.25) is 0 Å². The molecule has 0 aliphatic heterocycles. The van der Waals surface area contributed by atoms with E-state index in [1.165, 1.54) is 6.08 Å². The Balaban J connectivity index is 2.29. The van der Waals surface area contributed by atoms with E-state index < -0.39 is 5.97 Å². The largest absolute Gasteiger partial charge is 0.494 e. The van der Waals surface area contributed by atoms with Crippen molar-refractivity contribution in [1.82, 2.24) is 0 Å². The first kappa shape index (κ1) is 16.6. The van der Waals surface area contributed by atoms with Crippen LogP contribution in [0.5, 0.6) is 5.75 Å². The van der Waals surface area contributed by atoms with Crippen molar-refractivity contribution < 1.29 is 14.6 Å². The van der Waals surface area contributed by atoms with E-state index in [1.54, 1.807) is 6.92 Å². The van der Waals surface area contributed by atoms with Crippen LogP contribution in [-0.4, -0.2) is 17.7 Å². The van der Waals surface area contributed by atoms with Crippen LogP contribution < -0.4 is 10.1 Å². The highest BCUT2D eigenvalue weighted by Gasteiger charge is 2.08. The smallest absolute Gasteiger partial charge is 0.328 e. The Kier molecular flexibility index (Phi) is 5.80. The molecule has 4 nitrogen and oxygen atoms in total. The van der Waals surface area contributed by atoms with Crippen LogP contribution in [0.15, 0.2) is 54.6 Å². The maximum Gasteiger partial charge on any atom is 0.328 e. The topological polar surface area (TPSA) is 58.6 Å². The van der Waals surface area contributed by atoms with Crippen molar-refractivity contribution in [1.29, 1.82) is 0 Å². The lowest BCUT2D eigenvalue weighted by molar-refractivity contribution is -0.131. The molecular formula is C19H21NO3. The molecule has 0 radical (unpaired) electrons. The lowest BCUT2D eigenvalue weighted by Crippen LogP contribution is -2.03. The standard InChI is InChI=1S/C19H21NO3/c1-3-23-16-9-10-17(14(2)11-19(21)22)18(12-16)20-13-15-7-5-4-6-8-15/h4-12,20H,3,13H2,1-2H3,(H,21,22). The zero-order chi connectivity index (χ0) is 16.7. The molecule has 0 unspecified atom stereocenters. The highest BCUT2D eigenvalue weighted by Crippen LogP contribution is 2.28. The summed E-state index contributed by atoms with van der Waals surface area (Å²) in [6.45, 7) is 4.96. The molecule has 2 rings (SSSR count). The normalized spacial score (nSPS) is 11.1. The lowest BCUT2D eigenvalue weighted by atomic mass is 10.0. The van der Waals surface area contributed by atoms with Gasteiger partial charge in [-0.2, -0.15) is 0 Å². The molecule has 0 aliphatic carbocycles. The molecule has 2 N–H and O–H groups in total. The predicted molar refractivity (Wildman–Crippen MR) is 92.7 cm³/mol. The lowest BCUT2D eigenvalue weighted by Gasteiger charge is -2.14. The van der Waals surface area contributed by atoms with Gasteiger partial charge in [0.25, 0.3) is 0 Å². The van der Waals surface area contributed by atoms with Gasteiger partial charge in [0, 0.05) is 29.9 Å². The average molecular weight is 311 g/mol. The summed E-state index contributed by atoms with van der Waals surface area (Å²) < 4.78 is 5.54. The third-order valence-corrected chi connectivity index (χ3v) is 3.39. The Bertz CT molecular complexity index is 693. The summed E-state index contributed by atoms with van der Waals surface area (Å²) in [6, 6.07) is 15.7. The number of ether oxygens (including phenoxy) is 1. The van der Waals surface area contributed by atoms with E-state index in [0.29, 0.717) is 18.7 Å². The fourth-order valence-electron chi connectivity index (χ4n) is 2.33. The molecule has 2 aromatic carbocycles. The van der Waals surface area contributed by atoms with Gasteiger partial charge in [-0.3, -0.25) is 0 Å². The summed E-state index contributed by atoms with van der Waals surface area (Å²) in [5.41, 5.74) is 3.55. The Morgan fingerprint density at radius 1 is 1.22 bits per heavy atom. The van der Waals surface area contributed by atoms with E-state index in [1.807, 2.05) is 55.5 Å². The first-order valence-corrected chi connectivity index (χ1v) is 7.56. The van der Waals surface area contributed by atoms with Crippen LogP contribution in [0.3, 0.4) is 0 Å². The minimum atomic E-state index is -0.953. The molecule has 0 heterocycles. The van der Waals surface area contributed by atoms with Crippen molar-refractivity contribution in [3.05, 3.63) is 65.7 Å². The minimum Gasteiger partial charge on any atom is -0.494 e. The Morgan fingerprint density at radius 3 is 2.61 bits per heavy atom. The van der Waals surface area contributed by atoms with E-state index in [-0.39, 0.29) is 0 Å². The molecule has 0 bridgehead atoms. The molecule has 0 fully saturated rings. The summed E-state index contributed by atoms with van der Waals surface area (Å²) in [5.74, 6) is -0.194. The second-order valence-corrected chi connectivity index (χ2v) is 5.15. The number of carboxylic acid groups (broad SMARTS) is 1. The Morgan fingerprint density at radius 2 is 1.96 bits per heavy atom. The van der Waals surface area contributed by atoms with Crippen LogP contribution in [-0.2, 0) is 11.3 Å². The van der Waals surface area contributed by atoms with Crippen molar-refractivity contribution in [2.24, 2.45) is 0 Å². The molecule has 0 aromatic heterocycles. The molecule has 0 atom stereocenters. The molecule has 0 spiro atoms. The van der Waals surface area contributed by atoms with Crippen molar-refractivity contribution in [3.8, 4) is 5.75 Å². The second kappa shape index (κ2) is 8.03. The molecule has 4 heteroatoms. The van der Waals surface area contributed by atoms with Crippen LogP contribution >= 0.6 is 0 Å². The van der Waals surface area contributed by atoms with Gasteiger partial charge in [0.15, 0.2) is 0 Å². The molecule has 0 aliphatic rings. The first-order chi connectivity index (χ1) is 11.1. The number of hydrogen-bond acceptors (Lipinski definition) is 3. The zero-order valence-electron chi connectivity index (χ0n) is 13.4. The maximum atomic E-state index is 10.9. The highest BCUT2D eigenvalue weighted by atomic mass is 16.5. The van der Waals surface area contributed by atoms with Gasteiger partial charge >= 0.3 is 5.97 Å². The molecule has 2 aromatic rings. The van der Waals surface area contributed by atoms with Crippen molar-refractivity contribution >= 4 is 17.2 Å². The van der Waals surface area contributed by atoms with Crippen molar-refractivity contribution in [3.63, 3.8) is 0 Å². The molecule has 0 saturated carbocycles. The van der Waals surface area contributed by atoms with Crippen LogP contribution in [0, 0.1) is 0 Å². The first-order valence-electron chi connectivity index (χ1n) is 7.56. The van der Waals surface area contributed by atoms with Gasteiger partial charge in [-0.05, 0) is 37.1 Å². The summed E-state index contributed by atoms with van der Waals surface area (Å²) in [6.07, 6.45) is 1.21. The third-order valence-electron chi connectivity index (χ3n) is 3.39. The average Bonchev–Trinajstić information content (AvgIpc) is 2.53. The van der Waals surface area contributed by atoms with Gasteiger partial charge in [-0.25, -0.2) is 4.79 Å². The maximum absolute atomic E-state index is 10.9. The number of carbonyl (C=O) groups is 1.